The van der Waals surface area contributed by atoms with E-state index in [4.69, 9.17) is 4.42 Å². The minimum atomic E-state index is -0.761. The van der Waals surface area contributed by atoms with Gasteiger partial charge in [-0.1, -0.05) is 6.07 Å². The lowest BCUT2D eigenvalue weighted by atomic mass is 9.98. The van der Waals surface area contributed by atoms with Crippen molar-refractivity contribution in [2.45, 2.75) is 26.0 Å². The molecule has 1 aromatic carbocycles. The molecule has 35 heavy (non-hydrogen) atoms. The molecule has 5 aromatic rings. The Labute approximate surface area is 196 Å². The molecule has 1 fully saturated rings. The summed E-state index contributed by atoms with van der Waals surface area (Å²) in [5, 5.41) is 9.92. The molecule has 0 bridgehead atoms. The first-order chi connectivity index (χ1) is 16.7. The van der Waals surface area contributed by atoms with Crippen LogP contribution in [0.2, 0.25) is 0 Å². The van der Waals surface area contributed by atoms with E-state index in [1.54, 1.807) is 30.5 Å². The molecule has 0 radical (unpaired) electrons. The van der Waals surface area contributed by atoms with Crippen LogP contribution in [0.3, 0.4) is 0 Å². The van der Waals surface area contributed by atoms with E-state index in [-0.39, 0.29) is 17.7 Å². The number of para-hydroxylation sites is 1. The first kappa shape index (κ1) is 21.4. The number of fused-ring (bicyclic) bond motifs is 2. The van der Waals surface area contributed by atoms with Gasteiger partial charge in [-0.2, -0.15) is 0 Å². The Morgan fingerprint density at radius 2 is 1.91 bits per heavy atom. The second-order valence-electron chi connectivity index (χ2n) is 9.07. The summed E-state index contributed by atoms with van der Waals surface area (Å²) < 4.78 is 37.2. The number of halogens is 2. The number of hydrogen-bond donors (Lipinski definition) is 1. The number of aromatic nitrogens is 5. The average molecular weight is 478 g/mol. The summed E-state index contributed by atoms with van der Waals surface area (Å²) in [5.74, 6) is -1.36. The summed E-state index contributed by atoms with van der Waals surface area (Å²) in [7, 11) is 0. The monoisotopic (exact) mass is 478 g/mol. The van der Waals surface area contributed by atoms with E-state index in [0.29, 0.717) is 47.2 Å². The largest absolute Gasteiger partial charge is 0.420 e. The lowest BCUT2D eigenvalue weighted by Gasteiger charge is -2.44. The highest BCUT2D eigenvalue weighted by Gasteiger charge is 2.37. The number of benzene rings is 1. The van der Waals surface area contributed by atoms with Crippen LogP contribution in [0.15, 0.2) is 52.1 Å². The Bertz CT molecular complexity index is 1660. The summed E-state index contributed by atoms with van der Waals surface area (Å²) in [6.07, 6.45) is 4.64. The van der Waals surface area contributed by atoms with Crippen molar-refractivity contribution >= 4 is 22.7 Å². The fourth-order valence-corrected chi connectivity index (χ4v) is 4.53. The predicted molar refractivity (Wildman–Crippen MR) is 123 cm³/mol. The van der Waals surface area contributed by atoms with Crippen molar-refractivity contribution in [1.29, 1.82) is 0 Å². The van der Waals surface area contributed by atoms with Gasteiger partial charge >= 0.3 is 5.76 Å². The zero-order valence-corrected chi connectivity index (χ0v) is 18.9. The van der Waals surface area contributed by atoms with Crippen molar-refractivity contribution in [2.75, 3.05) is 18.0 Å². The van der Waals surface area contributed by atoms with Crippen LogP contribution in [-0.2, 0) is 6.54 Å². The molecule has 1 N–H and O–H groups in total. The van der Waals surface area contributed by atoms with Crippen LogP contribution in [0.5, 0.6) is 0 Å². The maximum absolute atomic E-state index is 15.0. The van der Waals surface area contributed by atoms with Gasteiger partial charge in [0.25, 0.3) is 0 Å². The van der Waals surface area contributed by atoms with E-state index < -0.39 is 23.0 Å². The second kappa shape index (κ2) is 7.44. The van der Waals surface area contributed by atoms with Crippen LogP contribution < -0.4 is 10.7 Å². The highest BCUT2D eigenvalue weighted by molar-refractivity contribution is 5.73. The van der Waals surface area contributed by atoms with Crippen molar-refractivity contribution in [3.05, 3.63) is 76.4 Å². The number of aryl methyl sites for hydroxylation is 1. The third-order valence-corrected chi connectivity index (χ3v) is 6.26. The third-order valence-electron chi connectivity index (χ3n) is 6.26. The highest BCUT2D eigenvalue weighted by atomic mass is 19.1. The molecule has 0 atom stereocenters. The molecular weight excluding hydrogens is 458 g/mol. The van der Waals surface area contributed by atoms with Gasteiger partial charge in [0.1, 0.15) is 11.5 Å². The zero-order chi connectivity index (χ0) is 24.5. The van der Waals surface area contributed by atoms with Gasteiger partial charge in [0.15, 0.2) is 11.4 Å². The lowest BCUT2D eigenvalue weighted by molar-refractivity contribution is 0.0300. The smallest absolute Gasteiger partial charge is 0.405 e. The molecule has 5 heterocycles. The normalized spacial score (nSPS) is 15.2. The van der Waals surface area contributed by atoms with Crippen LogP contribution >= 0.6 is 0 Å². The molecular formula is C24H20F2N6O3. The molecule has 0 aliphatic carbocycles. The highest BCUT2D eigenvalue weighted by Crippen LogP contribution is 2.28. The summed E-state index contributed by atoms with van der Waals surface area (Å²) in [4.78, 5) is 27.4. The minimum absolute atomic E-state index is 0.0533. The van der Waals surface area contributed by atoms with Gasteiger partial charge in [-0.15, -0.1) is 0 Å². The van der Waals surface area contributed by atoms with Gasteiger partial charge in [0.05, 0.1) is 42.1 Å². The van der Waals surface area contributed by atoms with Gasteiger partial charge in [-0.3, -0.25) is 4.57 Å². The molecule has 0 saturated carbocycles. The Morgan fingerprint density at radius 1 is 1.17 bits per heavy atom. The van der Waals surface area contributed by atoms with E-state index in [1.165, 1.54) is 35.2 Å². The summed E-state index contributed by atoms with van der Waals surface area (Å²) in [5.41, 5.74) is 1.75. The molecule has 0 amide bonds. The predicted octanol–water partition coefficient (Wildman–Crippen LogP) is 2.91. The maximum atomic E-state index is 15.0. The Hall–Kier alpha value is -4.12. The summed E-state index contributed by atoms with van der Waals surface area (Å²) in [6.45, 7) is 4.40. The quantitative estimate of drug-likeness (QED) is 0.424. The van der Waals surface area contributed by atoms with Gasteiger partial charge < -0.3 is 18.8 Å². The van der Waals surface area contributed by atoms with Crippen LogP contribution in [0.4, 0.5) is 14.7 Å². The van der Waals surface area contributed by atoms with Crippen LogP contribution in [0.1, 0.15) is 18.3 Å². The Morgan fingerprint density at radius 3 is 2.63 bits per heavy atom. The minimum Gasteiger partial charge on any atom is -0.405 e. The number of rotatable bonds is 4. The topological polar surface area (TPSA) is 102 Å². The number of β-amino-alcohol motifs (C(OH)–C–C–N with tert-alkyl or cyclic N) is 1. The van der Waals surface area contributed by atoms with Crippen molar-refractivity contribution in [3.8, 4) is 11.1 Å². The standard InChI is InChI=1S/C24H20F2N6O3/c1-13-19(10-32-18-5-3-4-16(25)21(18)35-23(32)33)31-9-15(17(26)6-20(31)29-13)14-7-27-22(28-8-14)30-11-24(2,34)12-30/h3-9,34H,10-12H2,1-2H3. The number of pyridine rings is 1. The average Bonchev–Trinajstić information content (AvgIpc) is 3.28. The van der Waals surface area contributed by atoms with E-state index >= 15 is 4.39 Å². The van der Waals surface area contributed by atoms with Gasteiger partial charge in [-0.25, -0.2) is 28.5 Å². The Kier molecular flexibility index (Phi) is 4.55. The molecule has 1 saturated heterocycles. The van der Waals surface area contributed by atoms with Gasteiger partial charge in [0.2, 0.25) is 5.95 Å². The van der Waals surface area contributed by atoms with E-state index in [1.807, 2.05) is 4.90 Å². The van der Waals surface area contributed by atoms with E-state index in [9.17, 15) is 14.3 Å². The molecule has 0 unspecified atom stereocenters. The van der Waals surface area contributed by atoms with E-state index in [2.05, 4.69) is 15.0 Å². The zero-order valence-electron chi connectivity index (χ0n) is 18.9. The first-order valence-electron chi connectivity index (χ1n) is 10.9. The van der Waals surface area contributed by atoms with E-state index in [0.717, 1.165) is 0 Å². The van der Waals surface area contributed by atoms with Gasteiger partial charge in [0, 0.05) is 35.8 Å². The van der Waals surface area contributed by atoms with Crippen molar-refractivity contribution in [2.24, 2.45) is 0 Å². The fraction of sp³-hybridized carbons (Fsp3) is 0.250. The number of nitrogens with zero attached hydrogens (tertiary/aromatic N) is 6. The third kappa shape index (κ3) is 3.46. The van der Waals surface area contributed by atoms with Crippen molar-refractivity contribution in [1.82, 2.24) is 23.9 Å². The number of anilines is 1. The molecule has 11 heteroatoms. The van der Waals surface area contributed by atoms with Crippen LogP contribution in [0.25, 0.3) is 27.9 Å². The van der Waals surface area contributed by atoms with Crippen molar-refractivity contribution < 1.29 is 18.3 Å². The lowest BCUT2D eigenvalue weighted by Crippen LogP contribution is -2.60. The second-order valence-corrected chi connectivity index (χ2v) is 9.07. The van der Waals surface area contributed by atoms with Crippen molar-refractivity contribution in [3.63, 3.8) is 0 Å². The number of imidazole rings is 1. The number of hydrogen-bond acceptors (Lipinski definition) is 7. The summed E-state index contributed by atoms with van der Waals surface area (Å²) in [6, 6.07) is 5.64. The van der Waals surface area contributed by atoms with Crippen LogP contribution in [0, 0.1) is 18.6 Å². The fourth-order valence-electron chi connectivity index (χ4n) is 4.53. The molecule has 1 aliphatic heterocycles. The molecule has 4 aromatic heterocycles. The molecule has 178 valence electrons. The number of oxazole rings is 1. The Balaban J connectivity index is 1.40. The summed E-state index contributed by atoms with van der Waals surface area (Å²) >= 11 is 0. The van der Waals surface area contributed by atoms with Crippen LogP contribution in [-0.4, -0.2) is 47.7 Å². The molecule has 0 spiro atoms. The number of aliphatic hydroxyl groups is 1. The first-order valence-corrected chi connectivity index (χ1v) is 10.9. The van der Waals surface area contributed by atoms with Gasteiger partial charge in [-0.05, 0) is 26.0 Å². The maximum Gasteiger partial charge on any atom is 0.420 e. The molecule has 9 nitrogen and oxygen atoms in total. The molecule has 1 aliphatic rings. The SMILES string of the molecule is Cc1nc2cc(F)c(-c3cnc(N4CC(C)(O)C4)nc3)cn2c1Cn1c(=O)oc2c(F)cccc21. The molecule has 6 rings (SSSR count).